The van der Waals surface area contributed by atoms with Gasteiger partial charge < -0.3 is 19.9 Å². The molecule has 9 nitrogen and oxygen atoms in total. The first-order chi connectivity index (χ1) is 16.7. The highest BCUT2D eigenvalue weighted by atomic mass is 32.1. The summed E-state index contributed by atoms with van der Waals surface area (Å²) in [6.45, 7) is 2.98. The number of para-hydroxylation sites is 1. The Bertz CT molecular complexity index is 1540. The molecule has 0 aliphatic carbocycles. The van der Waals surface area contributed by atoms with Crippen molar-refractivity contribution in [1.82, 2.24) is 4.57 Å². The lowest BCUT2D eigenvalue weighted by atomic mass is 9.79. The number of carbonyl (C=O) groups excluding carboxylic acids is 2. The predicted molar refractivity (Wildman–Crippen MR) is 128 cm³/mol. The summed E-state index contributed by atoms with van der Waals surface area (Å²) in [4.78, 5) is 42.7. The van der Waals surface area contributed by atoms with Crippen LogP contribution in [-0.2, 0) is 9.59 Å². The Balaban J connectivity index is 1.67. The molecule has 5 rings (SSSR count). The number of amides is 1. The fourth-order valence-corrected chi connectivity index (χ4v) is 5.85. The molecule has 35 heavy (non-hydrogen) atoms. The molecule has 0 spiro atoms. The molecule has 3 unspecified atom stereocenters. The van der Waals surface area contributed by atoms with E-state index in [1.54, 1.807) is 35.8 Å². The molecule has 2 aliphatic rings. The molecule has 0 fully saturated rings. The average molecular weight is 494 g/mol. The van der Waals surface area contributed by atoms with Crippen molar-refractivity contribution in [1.29, 1.82) is 0 Å². The Hall–Kier alpha value is -3.92. The Kier molecular flexibility index (Phi) is 5.47. The summed E-state index contributed by atoms with van der Waals surface area (Å²) in [7, 11) is 1.49. The van der Waals surface area contributed by atoms with Crippen molar-refractivity contribution in [2.24, 2.45) is 16.6 Å². The molecule has 0 radical (unpaired) electrons. The van der Waals surface area contributed by atoms with Gasteiger partial charge in [-0.25, -0.2) is 4.99 Å². The van der Waals surface area contributed by atoms with E-state index in [0.717, 1.165) is 5.56 Å². The van der Waals surface area contributed by atoms with Crippen LogP contribution in [0.1, 0.15) is 31.0 Å². The first-order valence-electron chi connectivity index (χ1n) is 10.9. The average Bonchev–Trinajstić information content (AvgIpc) is 3.10. The van der Waals surface area contributed by atoms with Gasteiger partial charge in [-0.2, -0.15) is 0 Å². The summed E-state index contributed by atoms with van der Waals surface area (Å²) in [5.74, 6) is 0.0152. The van der Waals surface area contributed by atoms with Crippen molar-refractivity contribution in [2.75, 3.05) is 13.7 Å². The van der Waals surface area contributed by atoms with Gasteiger partial charge in [0.05, 0.1) is 17.7 Å². The number of fused-ring (bicyclic) bond motifs is 6. The minimum Gasteiger partial charge on any atom is -0.493 e. The zero-order valence-electron chi connectivity index (χ0n) is 19.3. The van der Waals surface area contributed by atoms with Gasteiger partial charge in [-0.05, 0) is 43.7 Å². The molecular weight excluding hydrogens is 470 g/mol. The maximum Gasteiger partial charge on any atom is 0.270 e. The predicted octanol–water partition coefficient (Wildman–Crippen LogP) is 1.15. The SMILES string of the molecule is COc1ccc(C=c2sc3n(c2=O)C2c4ccccc4OC(C)(N=3)C2C(C)=O)cc1OCC(N)=O. The van der Waals surface area contributed by atoms with Crippen LogP contribution in [0.3, 0.4) is 0 Å². The van der Waals surface area contributed by atoms with Crippen LogP contribution >= 0.6 is 11.3 Å². The van der Waals surface area contributed by atoms with Gasteiger partial charge in [0.2, 0.25) is 5.72 Å². The van der Waals surface area contributed by atoms with Crippen LogP contribution in [-0.4, -0.2) is 35.7 Å². The van der Waals surface area contributed by atoms with Gasteiger partial charge in [-0.3, -0.25) is 19.0 Å². The van der Waals surface area contributed by atoms with Crippen LogP contribution in [0.5, 0.6) is 17.2 Å². The van der Waals surface area contributed by atoms with Gasteiger partial charge >= 0.3 is 0 Å². The molecule has 2 bridgehead atoms. The standard InChI is InChI=1S/C25H23N3O6S/c1-13(29)21-22-15-6-4-5-7-16(15)34-25(21,2)27-24-28(22)23(31)19(35-24)11-14-8-9-17(32-3)18(10-14)33-12-20(26)30/h4-11,21-22H,12H2,1-3H3,(H2,26,30). The van der Waals surface area contributed by atoms with Crippen molar-refractivity contribution >= 4 is 29.1 Å². The van der Waals surface area contributed by atoms with E-state index in [1.165, 1.54) is 25.4 Å². The molecule has 3 aromatic rings. The van der Waals surface area contributed by atoms with E-state index >= 15 is 0 Å². The summed E-state index contributed by atoms with van der Waals surface area (Å²) < 4.78 is 19.0. The van der Waals surface area contributed by atoms with Gasteiger partial charge in [0.15, 0.2) is 22.9 Å². The number of ether oxygens (including phenoxy) is 3. The van der Waals surface area contributed by atoms with E-state index in [1.807, 2.05) is 24.3 Å². The number of hydrogen-bond donors (Lipinski definition) is 1. The molecule has 0 saturated heterocycles. The van der Waals surface area contributed by atoms with Gasteiger partial charge in [-0.15, -0.1) is 0 Å². The van der Waals surface area contributed by atoms with E-state index in [9.17, 15) is 14.4 Å². The fourth-order valence-electron chi connectivity index (χ4n) is 4.75. The highest BCUT2D eigenvalue weighted by Gasteiger charge is 2.53. The summed E-state index contributed by atoms with van der Waals surface area (Å²) in [5.41, 5.74) is 5.26. The molecule has 1 aromatic heterocycles. The summed E-state index contributed by atoms with van der Waals surface area (Å²) in [5, 5.41) is 0. The first kappa shape index (κ1) is 22.9. The minimum atomic E-state index is -1.12. The number of nitrogens with two attached hydrogens (primary N) is 1. The maximum absolute atomic E-state index is 13.6. The van der Waals surface area contributed by atoms with E-state index in [2.05, 4.69) is 0 Å². The van der Waals surface area contributed by atoms with Gasteiger partial charge in [-0.1, -0.05) is 35.6 Å². The van der Waals surface area contributed by atoms with Gasteiger partial charge in [0, 0.05) is 5.56 Å². The van der Waals surface area contributed by atoms with Crippen molar-refractivity contribution in [3.8, 4) is 17.2 Å². The van der Waals surface area contributed by atoms with Crippen molar-refractivity contribution in [2.45, 2.75) is 25.6 Å². The number of ketones is 1. The number of rotatable bonds is 6. The Labute approximate surface area is 204 Å². The Morgan fingerprint density at radius 3 is 2.74 bits per heavy atom. The smallest absolute Gasteiger partial charge is 0.270 e. The Morgan fingerprint density at radius 2 is 2.03 bits per heavy atom. The zero-order chi connectivity index (χ0) is 24.9. The Morgan fingerprint density at radius 1 is 1.26 bits per heavy atom. The number of aromatic nitrogens is 1. The second kappa shape index (κ2) is 8.38. The zero-order valence-corrected chi connectivity index (χ0v) is 20.1. The van der Waals surface area contributed by atoms with Crippen molar-refractivity contribution < 1.29 is 23.8 Å². The third kappa shape index (κ3) is 3.79. The van der Waals surface area contributed by atoms with E-state index in [4.69, 9.17) is 24.9 Å². The van der Waals surface area contributed by atoms with Crippen LogP contribution in [0.25, 0.3) is 6.08 Å². The lowest BCUT2D eigenvalue weighted by molar-refractivity contribution is -0.132. The number of methoxy groups -OCH3 is 1. The highest BCUT2D eigenvalue weighted by Crippen LogP contribution is 2.47. The normalized spacial score (nSPS) is 22.3. The van der Waals surface area contributed by atoms with Crippen LogP contribution in [0.2, 0.25) is 0 Å². The highest BCUT2D eigenvalue weighted by molar-refractivity contribution is 7.07. The van der Waals surface area contributed by atoms with Crippen molar-refractivity contribution in [3.05, 3.63) is 73.3 Å². The summed E-state index contributed by atoms with van der Waals surface area (Å²) in [6.07, 6.45) is 1.71. The molecule has 2 aromatic carbocycles. The first-order valence-corrected chi connectivity index (χ1v) is 11.7. The van der Waals surface area contributed by atoms with Gasteiger partial charge in [0.25, 0.3) is 11.5 Å². The molecule has 2 aliphatic heterocycles. The molecule has 10 heteroatoms. The summed E-state index contributed by atoms with van der Waals surface area (Å²) in [6, 6.07) is 12.0. The molecular formula is C25H23N3O6S. The summed E-state index contributed by atoms with van der Waals surface area (Å²) >= 11 is 1.23. The molecule has 2 N–H and O–H groups in total. The number of hydrogen-bond acceptors (Lipinski definition) is 8. The molecule has 1 amide bonds. The monoisotopic (exact) mass is 493 g/mol. The quantitative estimate of drug-likeness (QED) is 0.550. The topological polar surface area (TPSA) is 122 Å². The molecule has 3 heterocycles. The van der Waals surface area contributed by atoms with Crippen molar-refractivity contribution in [3.63, 3.8) is 0 Å². The number of thiazole rings is 1. The van der Waals surface area contributed by atoms with Gasteiger partial charge in [0.1, 0.15) is 17.5 Å². The second-order valence-corrected chi connectivity index (χ2v) is 9.58. The largest absolute Gasteiger partial charge is 0.493 e. The van der Waals surface area contributed by atoms with E-state index in [0.29, 0.717) is 32.1 Å². The van der Waals surface area contributed by atoms with Crippen LogP contribution < -0.4 is 34.8 Å². The maximum atomic E-state index is 13.6. The van der Waals surface area contributed by atoms with Crippen LogP contribution in [0, 0.1) is 5.92 Å². The van der Waals surface area contributed by atoms with Crippen LogP contribution in [0.15, 0.2) is 52.3 Å². The third-order valence-electron chi connectivity index (χ3n) is 6.17. The molecule has 180 valence electrons. The lowest BCUT2D eigenvalue weighted by Gasteiger charge is -2.45. The van der Waals surface area contributed by atoms with Crippen LogP contribution in [0.4, 0.5) is 0 Å². The lowest BCUT2D eigenvalue weighted by Crippen LogP contribution is -2.58. The third-order valence-corrected chi connectivity index (χ3v) is 7.16. The van der Waals surface area contributed by atoms with E-state index in [-0.39, 0.29) is 17.9 Å². The molecule has 3 atom stereocenters. The number of primary amides is 1. The fraction of sp³-hybridized carbons (Fsp3) is 0.280. The number of carbonyl (C=O) groups is 2. The molecule has 0 saturated carbocycles. The second-order valence-electron chi connectivity index (χ2n) is 8.57. The number of benzene rings is 2. The number of Topliss-reactive ketones (excluding diaryl/α,β-unsaturated/α-hetero) is 1. The van der Waals surface area contributed by atoms with E-state index < -0.39 is 23.6 Å². The minimum absolute atomic E-state index is 0.101. The number of nitrogens with zero attached hydrogens (tertiary/aromatic N) is 2.